The first-order valence-electron chi connectivity index (χ1n) is 7.12. The lowest BCUT2D eigenvalue weighted by Crippen LogP contribution is -2.59. The van der Waals surface area contributed by atoms with Crippen molar-refractivity contribution in [2.75, 3.05) is 19.6 Å². The molecule has 0 aliphatic carbocycles. The molecule has 3 amide bonds. The quantitative estimate of drug-likeness (QED) is 0.541. The summed E-state index contributed by atoms with van der Waals surface area (Å²) in [4.78, 5) is 38.9. The van der Waals surface area contributed by atoms with Crippen LogP contribution in [-0.4, -0.2) is 69.9 Å². The second-order valence-electron chi connectivity index (χ2n) is 5.83. The molecule has 8 heteroatoms. The second kappa shape index (κ2) is 5.61. The van der Waals surface area contributed by atoms with E-state index in [1.54, 1.807) is 0 Å². The number of carbonyl (C=O) groups is 3. The van der Waals surface area contributed by atoms with Gasteiger partial charge in [0.1, 0.15) is 11.6 Å². The predicted molar refractivity (Wildman–Crippen MR) is 73.7 cm³/mol. The molecule has 2 heterocycles. The standard InChI is InChI=1S/C13H22N4O4/c1-8(18)10(15)11(20)17-5-2-3-13(17)4-6-16(12(13)21)7-9(14)19/h8,10,18H,2-7,15H2,1H3,(H2,14,19)/t8-,10+,13?/m1/s1. The van der Waals surface area contributed by atoms with Gasteiger partial charge >= 0.3 is 0 Å². The van der Waals surface area contributed by atoms with Crippen molar-refractivity contribution in [1.29, 1.82) is 0 Å². The molecule has 3 atom stereocenters. The van der Waals surface area contributed by atoms with Crippen molar-refractivity contribution in [1.82, 2.24) is 9.80 Å². The van der Waals surface area contributed by atoms with E-state index < -0.39 is 29.5 Å². The molecule has 2 aliphatic heterocycles. The second-order valence-corrected chi connectivity index (χ2v) is 5.83. The molecule has 2 fully saturated rings. The van der Waals surface area contributed by atoms with E-state index >= 15 is 0 Å². The summed E-state index contributed by atoms with van der Waals surface area (Å²) >= 11 is 0. The number of hydrogen-bond donors (Lipinski definition) is 3. The van der Waals surface area contributed by atoms with Gasteiger partial charge in [-0.3, -0.25) is 14.4 Å². The highest BCUT2D eigenvalue weighted by molar-refractivity contribution is 5.96. The summed E-state index contributed by atoms with van der Waals surface area (Å²) in [6, 6.07) is -1.04. The fourth-order valence-corrected chi connectivity index (χ4v) is 3.23. The molecular formula is C13H22N4O4. The lowest BCUT2D eigenvalue weighted by Gasteiger charge is -2.35. The van der Waals surface area contributed by atoms with Crippen molar-refractivity contribution in [2.45, 2.75) is 43.9 Å². The van der Waals surface area contributed by atoms with Gasteiger partial charge in [-0.05, 0) is 26.2 Å². The summed E-state index contributed by atoms with van der Waals surface area (Å²) in [6.07, 6.45) is 0.749. The molecule has 0 radical (unpaired) electrons. The van der Waals surface area contributed by atoms with E-state index in [-0.39, 0.29) is 12.5 Å². The minimum absolute atomic E-state index is 0.134. The summed E-state index contributed by atoms with van der Waals surface area (Å²) in [7, 11) is 0. The molecule has 1 spiro atoms. The number of carbonyl (C=O) groups excluding carboxylic acids is 3. The van der Waals surface area contributed by atoms with Crippen LogP contribution in [0.4, 0.5) is 0 Å². The van der Waals surface area contributed by atoms with E-state index in [2.05, 4.69) is 0 Å². The number of aliphatic hydroxyl groups excluding tert-OH is 1. The van der Waals surface area contributed by atoms with Crippen LogP contribution in [0.1, 0.15) is 26.2 Å². The normalized spacial score (nSPS) is 28.2. The molecule has 2 rings (SSSR count). The molecule has 2 saturated heterocycles. The summed E-state index contributed by atoms with van der Waals surface area (Å²) in [5, 5.41) is 9.49. The maximum atomic E-state index is 12.6. The van der Waals surface area contributed by atoms with E-state index in [1.165, 1.54) is 16.7 Å². The largest absolute Gasteiger partial charge is 0.391 e. The Morgan fingerprint density at radius 1 is 1.38 bits per heavy atom. The van der Waals surface area contributed by atoms with Crippen molar-refractivity contribution in [2.24, 2.45) is 11.5 Å². The third-order valence-electron chi connectivity index (χ3n) is 4.39. The molecule has 0 bridgehead atoms. The first-order chi connectivity index (χ1) is 9.79. The van der Waals surface area contributed by atoms with Gasteiger partial charge in [-0.15, -0.1) is 0 Å². The van der Waals surface area contributed by atoms with Crippen molar-refractivity contribution in [3.8, 4) is 0 Å². The van der Waals surface area contributed by atoms with Gasteiger partial charge in [-0.1, -0.05) is 0 Å². The van der Waals surface area contributed by atoms with Crippen molar-refractivity contribution >= 4 is 17.7 Å². The number of rotatable bonds is 4. The van der Waals surface area contributed by atoms with Crippen molar-refractivity contribution in [3.05, 3.63) is 0 Å². The molecule has 0 saturated carbocycles. The third-order valence-corrected chi connectivity index (χ3v) is 4.39. The molecular weight excluding hydrogens is 276 g/mol. The van der Waals surface area contributed by atoms with Crippen LogP contribution in [0.25, 0.3) is 0 Å². The first-order valence-corrected chi connectivity index (χ1v) is 7.12. The zero-order valence-electron chi connectivity index (χ0n) is 12.1. The Labute approximate surface area is 123 Å². The summed E-state index contributed by atoms with van der Waals surface area (Å²) in [5.41, 5.74) is 9.93. The van der Waals surface area contributed by atoms with Crippen LogP contribution in [-0.2, 0) is 14.4 Å². The number of amides is 3. The minimum atomic E-state index is -1.04. The van der Waals surface area contributed by atoms with Crippen LogP contribution < -0.4 is 11.5 Å². The Balaban J connectivity index is 2.20. The molecule has 0 aromatic heterocycles. The number of nitrogens with two attached hydrogens (primary N) is 2. The highest BCUT2D eigenvalue weighted by Gasteiger charge is 2.55. The van der Waals surface area contributed by atoms with Crippen molar-refractivity contribution in [3.63, 3.8) is 0 Å². The highest BCUT2D eigenvalue weighted by Crippen LogP contribution is 2.39. The van der Waals surface area contributed by atoms with Gasteiger partial charge in [0.25, 0.3) is 0 Å². The Morgan fingerprint density at radius 2 is 2.05 bits per heavy atom. The highest BCUT2D eigenvalue weighted by atomic mass is 16.3. The van der Waals surface area contributed by atoms with Crippen LogP contribution in [0.3, 0.4) is 0 Å². The topological polar surface area (TPSA) is 130 Å². The number of primary amides is 1. The van der Waals surface area contributed by atoms with Crippen LogP contribution in [0, 0.1) is 0 Å². The molecule has 1 unspecified atom stereocenters. The average Bonchev–Trinajstić information content (AvgIpc) is 2.96. The molecule has 21 heavy (non-hydrogen) atoms. The third kappa shape index (κ3) is 2.60. The summed E-state index contributed by atoms with van der Waals surface area (Å²) < 4.78 is 0. The zero-order valence-corrected chi connectivity index (χ0v) is 12.1. The average molecular weight is 298 g/mol. The number of aliphatic hydroxyl groups is 1. The SMILES string of the molecule is C[C@@H](O)[C@H](N)C(=O)N1CCCC12CCN(CC(N)=O)C2=O. The van der Waals surface area contributed by atoms with Gasteiger partial charge in [0.2, 0.25) is 17.7 Å². The maximum absolute atomic E-state index is 12.6. The summed E-state index contributed by atoms with van der Waals surface area (Å²) in [5.74, 6) is -1.24. The first kappa shape index (κ1) is 15.7. The number of likely N-dealkylation sites (tertiary alicyclic amines) is 2. The van der Waals surface area contributed by atoms with Gasteiger partial charge in [-0.2, -0.15) is 0 Å². The van der Waals surface area contributed by atoms with Gasteiger partial charge < -0.3 is 26.4 Å². The molecule has 5 N–H and O–H groups in total. The van der Waals surface area contributed by atoms with Crippen LogP contribution >= 0.6 is 0 Å². The molecule has 118 valence electrons. The lowest BCUT2D eigenvalue weighted by molar-refractivity contribution is -0.149. The van der Waals surface area contributed by atoms with Crippen LogP contribution in [0.15, 0.2) is 0 Å². The van der Waals surface area contributed by atoms with Crippen LogP contribution in [0.5, 0.6) is 0 Å². The Kier molecular flexibility index (Phi) is 4.20. The zero-order chi connectivity index (χ0) is 15.8. The molecule has 0 aromatic carbocycles. The molecule has 0 aromatic rings. The van der Waals surface area contributed by atoms with Gasteiger partial charge in [-0.25, -0.2) is 0 Å². The van der Waals surface area contributed by atoms with E-state index in [4.69, 9.17) is 11.5 Å². The Morgan fingerprint density at radius 3 is 2.62 bits per heavy atom. The lowest BCUT2D eigenvalue weighted by atomic mass is 9.93. The van der Waals surface area contributed by atoms with E-state index in [1.807, 2.05) is 0 Å². The van der Waals surface area contributed by atoms with Crippen LogP contribution in [0.2, 0.25) is 0 Å². The number of hydrogen-bond acceptors (Lipinski definition) is 5. The maximum Gasteiger partial charge on any atom is 0.249 e. The van der Waals surface area contributed by atoms with Crippen molar-refractivity contribution < 1.29 is 19.5 Å². The van der Waals surface area contributed by atoms with E-state index in [0.717, 1.165) is 0 Å². The number of nitrogens with zero attached hydrogens (tertiary/aromatic N) is 2. The Bertz CT molecular complexity index is 467. The minimum Gasteiger partial charge on any atom is -0.391 e. The molecule has 8 nitrogen and oxygen atoms in total. The summed E-state index contributed by atoms with van der Waals surface area (Å²) in [6.45, 7) is 2.15. The monoisotopic (exact) mass is 298 g/mol. The van der Waals surface area contributed by atoms with Gasteiger partial charge in [0.15, 0.2) is 0 Å². The van der Waals surface area contributed by atoms with Gasteiger partial charge in [0, 0.05) is 13.1 Å². The van der Waals surface area contributed by atoms with E-state index in [0.29, 0.717) is 32.4 Å². The van der Waals surface area contributed by atoms with E-state index in [9.17, 15) is 19.5 Å². The molecule has 2 aliphatic rings. The Hall–Kier alpha value is -1.67. The fraction of sp³-hybridized carbons (Fsp3) is 0.769. The predicted octanol–water partition coefficient (Wildman–Crippen LogP) is -2.23. The van der Waals surface area contributed by atoms with Gasteiger partial charge in [0.05, 0.1) is 12.6 Å². The smallest absolute Gasteiger partial charge is 0.249 e. The fourth-order valence-electron chi connectivity index (χ4n) is 3.23.